The van der Waals surface area contributed by atoms with Gasteiger partial charge in [-0.25, -0.2) is 4.98 Å². The molecule has 0 aliphatic carbocycles. The monoisotopic (exact) mass is 346 g/mol. The fraction of sp³-hybridized carbons (Fsp3) is 0.227. The third-order valence-corrected chi connectivity index (χ3v) is 5.77. The van der Waals surface area contributed by atoms with Gasteiger partial charge in [0.25, 0.3) is 0 Å². The van der Waals surface area contributed by atoms with Crippen LogP contribution in [-0.4, -0.2) is 9.97 Å². The Bertz CT molecular complexity index is 1010. The first-order valence-electron chi connectivity index (χ1n) is 8.83. The van der Waals surface area contributed by atoms with E-state index in [0.717, 1.165) is 23.3 Å². The molecule has 4 aromatic rings. The maximum absolute atomic E-state index is 4.66. The molecule has 0 unspecified atom stereocenters. The molecule has 4 rings (SSSR count). The van der Waals surface area contributed by atoms with E-state index in [1.54, 1.807) is 0 Å². The molecular weight excluding hydrogens is 324 g/mol. The predicted molar refractivity (Wildman–Crippen MR) is 108 cm³/mol. The van der Waals surface area contributed by atoms with Gasteiger partial charge in [0, 0.05) is 15.7 Å². The highest BCUT2D eigenvalue weighted by Gasteiger charge is 2.09. The molecule has 2 aromatic heterocycles. The number of imidazole rings is 1. The van der Waals surface area contributed by atoms with Crippen LogP contribution in [-0.2, 0) is 6.42 Å². The number of hydrogen-bond donors (Lipinski definition) is 1. The number of hydrogen-bond acceptors (Lipinski definition) is 2. The number of benzene rings is 2. The Morgan fingerprint density at radius 2 is 1.60 bits per heavy atom. The summed E-state index contributed by atoms with van der Waals surface area (Å²) in [5.41, 5.74) is 6.07. The molecule has 0 saturated heterocycles. The zero-order valence-electron chi connectivity index (χ0n) is 14.8. The predicted octanol–water partition coefficient (Wildman–Crippen LogP) is 6.64. The second-order valence-corrected chi connectivity index (χ2v) is 7.81. The average molecular weight is 346 g/mol. The molecule has 0 aliphatic rings. The average Bonchev–Trinajstić information content (AvgIpc) is 3.28. The van der Waals surface area contributed by atoms with Gasteiger partial charge in [0.1, 0.15) is 5.82 Å². The Balaban J connectivity index is 1.67. The number of rotatable bonds is 4. The van der Waals surface area contributed by atoms with Crippen LogP contribution in [0.5, 0.6) is 0 Å². The number of aryl methyl sites for hydroxylation is 1. The molecule has 25 heavy (non-hydrogen) atoms. The van der Waals surface area contributed by atoms with Crippen LogP contribution in [0.1, 0.15) is 38.1 Å². The molecule has 0 radical (unpaired) electrons. The van der Waals surface area contributed by atoms with Crippen molar-refractivity contribution in [3.63, 3.8) is 0 Å². The van der Waals surface area contributed by atoms with E-state index < -0.39 is 0 Å². The van der Waals surface area contributed by atoms with Gasteiger partial charge in [-0.2, -0.15) is 0 Å². The van der Waals surface area contributed by atoms with Crippen molar-refractivity contribution in [1.29, 1.82) is 0 Å². The lowest BCUT2D eigenvalue weighted by atomic mass is 10.1. The summed E-state index contributed by atoms with van der Waals surface area (Å²) in [5.74, 6) is 1.46. The summed E-state index contributed by atoms with van der Waals surface area (Å²) in [6.07, 6.45) is 1.08. The van der Waals surface area contributed by atoms with Crippen molar-refractivity contribution >= 4 is 22.4 Å². The van der Waals surface area contributed by atoms with Crippen molar-refractivity contribution in [2.45, 2.75) is 33.1 Å². The summed E-state index contributed by atoms with van der Waals surface area (Å²) in [6.45, 7) is 6.51. The van der Waals surface area contributed by atoms with Crippen molar-refractivity contribution < 1.29 is 0 Å². The lowest BCUT2D eigenvalue weighted by Gasteiger charge is -2.00. The van der Waals surface area contributed by atoms with Crippen molar-refractivity contribution in [2.24, 2.45) is 0 Å². The van der Waals surface area contributed by atoms with Gasteiger partial charge in [-0.3, -0.25) is 0 Å². The zero-order valence-corrected chi connectivity index (χ0v) is 15.7. The Morgan fingerprint density at radius 3 is 2.28 bits per heavy atom. The van der Waals surface area contributed by atoms with E-state index in [-0.39, 0.29) is 0 Å². The topological polar surface area (TPSA) is 28.7 Å². The van der Waals surface area contributed by atoms with Gasteiger partial charge >= 0.3 is 0 Å². The fourth-order valence-corrected chi connectivity index (χ4v) is 4.02. The summed E-state index contributed by atoms with van der Waals surface area (Å²) < 4.78 is 0. The highest BCUT2D eigenvalue weighted by Crippen LogP contribution is 2.35. The maximum Gasteiger partial charge on any atom is 0.109 e. The first kappa shape index (κ1) is 16.1. The van der Waals surface area contributed by atoms with Crippen LogP contribution in [0.4, 0.5) is 0 Å². The lowest BCUT2D eigenvalue weighted by molar-refractivity contribution is 0.799. The number of aromatic amines is 1. The second-order valence-electron chi connectivity index (χ2n) is 6.72. The van der Waals surface area contributed by atoms with Crippen LogP contribution < -0.4 is 0 Å². The van der Waals surface area contributed by atoms with E-state index >= 15 is 0 Å². The number of H-pyrrole nitrogens is 1. The number of thiophene rings is 1. The molecular formula is C22H22N2S. The second kappa shape index (κ2) is 6.49. The van der Waals surface area contributed by atoms with Crippen LogP contribution in [0.25, 0.3) is 31.9 Å². The highest BCUT2D eigenvalue weighted by molar-refractivity contribution is 7.18. The number of nitrogens with zero attached hydrogens (tertiary/aromatic N) is 1. The molecule has 0 amide bonds. The third kappa shape index (κ3) is 3.12. The standard InChI is InChI=1S/C22H22N2S/c1-4-15-5-7-16(8-6-15)20-11-12-21(25-20)17-9-10-18-19(13-17)24-22(23-18)14(2)3/h5-14H,4H2,1-3H3,(H,23,24). The zero-order chi connectivity index (χ0) is 17.4. The SMILES string of the molecule is CCc1ccc(-c2ccc(-c3ccc4nc(C(C)C)[nH]c4c3)s2)cc1. The van der Waals surface area contributed by atoms with Gasteiger partial charge in [0.2, 0.25) is 0 Å². The molecule has 3 heteroatoms. The lowest BCUT2D eigenvalue weighted by Crippen LogP contribution is -1.88. The van der Waals surface area contributed by atoms with Crippen LogP contribution in [0.2, 0.25) is 0 Å². The number of aromatic nitrogens is 2. The van der Waals surface area contributed by atoms with Gasteiger partial charge < -0.3 is 4.98 Å². The molecule has 0 saturated carbocycles. The van der Waals surface area contributed by atoms with Crippen LogP contribution in [0, 0.1) is 0 Å². The van der Waals surface area contributed by atoms with Gasteiger partial charge in [0.05, 0.1) is 11.0 Å². The van der Waals surface area contributed by atoms with Gasteiger partial charge in [-0.05, 0) is 47.4 Å². The van der Waals surface area contributed by atoms with Crippen molar-refractivity contribution in [3.05, 3.63) is 66.0 Å². The molecule has 2 nitrogen and oxygen atoms in total. The van der Waals surface area contributed by atoms with E-state index in [0.29, 0.717) is 5.92 Å². The van der Waals surface area contributed by atoms with E-state index in [1.807, 2.05) is 11.3 Å². The number of nitrogens with one attached hydrogen (secondary N) is 1. The highest BCUT2D eigenvalue weighted by atomic mass is 32.1. The first-order valence-corrected chi connectivity index (χ1v) is 9.65. The third-order valence-electron chi connectivity index (χ3n) is 4.58. The maximum atomic E-state index is 4.66. The summed E-state index contributed by atoms with van der Waals surface area (Å²) in [4.78, 5) is 10.7. The Hall–Kier alpha value is -2.39. The smallest absolute Gasteiger partial charge is 0.109 e. The Labute approximate surface area is 152 Å². The molecule has 2 heterocycles. The van der Waals surface area contributed by atoms with Crippen molar-refractivity contribution in [1.82, 2.24) is 9.97 Å². The van der Waals surface area contributed by atoms with E-state index in [9.17, 15) is 0 Å². The summed E-state index contributed by atoms with van der Waals surface area (Å²) in [6, 6.07) is 19.8. The minimum atomic E-state index is 0.412. The normalized spacial score (nSPS) is 11.5. The molecule has 0 bridgehead atoms. The summed E-state index contributed by atoms with van der Waals surface area (Å²) >= 11 is 1.84. The molecule has 0 atom stereocenters. The minimum Gasteiger partial charge on any atom is -0.342 e. The summed E-state index contributed by atoms with van der Waals surface area (Å²) in [5, 5.41) is 0. The van der Waals surface area contributed by atoms with E-state index in [1.165, 1.54) is 26.4 Å². The number of fused-ring (bicyclic) bond motifs is 1. The van der Waals surface area contributed by atoms with Crippen LogP contribution in [0.3, 0.4) is 0 Å². The van der Waals surface area contributed by atoms with Crippen molar-refractivity contribution in [3.8, 4) is 20.9 Å². The Morgan fingerprint density at radius 1 is 0.920 bits per heavy atom. The first-order chi connectivity index (χ1) is 12.1. The molecule has 0 spiro atoms. The van der Waals surface area contributed by atoms with E-state index in [4.69, 9.17) is 0 Å². The summed E-state index contributed by atoms with van der Waals surface area (Å²) in [7, 11) is 0. The van der Waals surface area contributed by atoms with E-state index in [2.05, 4.69) is 85.3 Å². The Kier molecular flexibility index (Phi) is 4.18. The molecule has 1 N–H and O–H groups in total. The van der Waals surface area contributed by atoms with Gasteiger partial charge in [-0.15, -0.1) is 11.3 Å². The minimum absolute atomic E-state index is 0.412. The quantitative estimate of drug-likeness (QED) is 0.440. The van der Waals surface area contributed by atoms with Gasteiger partial charge in [-0.1, -0.05) is 51.1 Å². The van der Waals surface area contributed by atoms with Crippen molar-refractivity contribution in [2.75, 3.05) is 0 Å². The largest absolute Gasteiger partial charge is 0.342 e. The fourth-order valence-electron chi connectivity index (χ4n) is 3.01. The van der Waals surface area contributed by atoms with Gasteiger partial charge in [0.15, 0.2) is 0 Å². The molecule has 0 aliphatic heterocycles. The molecule has 126 valence electrons. The van der Waals surface area contributed by atoms with Crippen LogP contribution >= 0.6 is 11.3 Å². The molecule has 0 fully saturated rings. The van der Waals surface area contributed by atoms with Crippen LogP contribution in [0.15, 0.2) is 54.6 Å². The molecule has 2 aromatic carbocycles.